The lowest BCUT2D eigenvalue weighted by molar-refractivity contribution is -0.120. The summed E-state index contributed by atoms with van der Waals surface area (Å²) in [5.41, 5.74) is 0. The van der Waals surface area contributed by atoms with Crippen molar-refractivity contribution >= 4 is 16.1 Å². The molecular weight excluding hydrogens is 192 g/mol. The van der Waals surface area contributed by atoms with Crippen LogP contribution in [0.25, 0.3) is 0 Å². The van der Waals surface area contributed by atoms with Gasteiger partial charge in [0.05, 0.1) is 0 Å². The monoisotopic (exact) mass is 206 g/mol. The number of hydrogen-bond acceptors (Lipinski definition) is 3. The highest BCUT2D eigenvalue weighted by Gasteiger charge is 2.40. The van der Waals surface area contributed by atoms with Gasteiger partial charge in [0.15, 0.2) is 0 Å². The summed E-state index contributed by atoms with van der Waals surface area (Å²) in [4.78, 5) is 11.2. The van der Waals surface area contributed by atoms with Crippen LogP contribution < -0.4 is 4.72 Å². The Labute approximate surface area is 78.3 Å². The van der Waals surface area contributed by atoms with Crippen LogP contribution in [-0.4, -0.2) is 32.7 Å². The molecule has 0 bridgehead atoms. The van der Waals surface area contributed by atoms with Gasteiger partial charge in [-0.2, -0.15) is 12.7 Å². The minimum atomic E-state index is -3.59. The Morgan fingerprint density at radius 3 is 2.23 bits per heavy atom. The van der Waals surface area contributed by atoms with Gasteiger partial charge in [-0.1, -0.05) is 6.92 Å². The van der Waals surface area contributed by atoms with Gasteiger partial charge in [0.1, 0.15) is 0 Å². The van der Waals surface area contributed by atoms with Crippen LogP contribution in [0.4, 0.5) is 0 Å². The van der Waals surface area contributed by atoms with E-state index in [1.807, 2.05) is 11.6 Å². The summed E-state index contributed by atoms with van der Waals surface area (Å²) in [7, 11) is -0.830. The molecule has 1 fully saturated rings. The van der Waals surface area contributed by atoms with Gasteiger partial charge < -0.3 is 0 Å². The van der Waals surface area contributed by atoms with Gasteiger partial charge in [-0.25, -0.2) is 4.72 Å². The van der Waals surface area contributed by atoms with Crippen LogP contribution in [0.15, 0.2) is 0 Å². The SMILES string of the molecule is C[C@@H]1C[C@@H]1C(=O)NS(=O)(=O)N(C)C. The molecule has 0 saturated heterocycles. The Hall–Kier alpha value is -0.620. The van der Waals surface area contributed by atoms with Gasteiger partial charge in [0.25, 0.3) is 0 Å². The van der Waals surface area contributed by atoms with Crippen molar-refractivity contribution in [3.8, 4) is 0 Å². The fraction of sp³-hybridized carbons (Fsp3) is 0.857. The Kier molecular flexibility index (Phi) is 2.63. The number of rotatable bonds is 3. The first kappa shape index (κ1) is 10.5. The molecular formula is C7H14N2O3S. The van der Waals surface area contributed by atoms with Crippen LogP contribution in [0.3, 0.4) is 0 Å². The normalized spacial score (nSPS) is 27.4. The Morgan fingerprint density at radius 1 is 1.46 bits per heavy atom. The fourth-order valence-electron chi connectivity index (χ4n) is 0.982. The predicted molar refractivity (Wildman–Crippen MR) is 48.0 cm³/mol. The summed E-state index contributed by atoms with van der Waals surface area (Å²) in [6.45, 7) is 1.92. The van der Waals surface area contributed by atoms with Crippen molar-refractivity contribution in [2.24, 2.45) is 11.8 Å². The topological polar surface area (TPSA) is 66.5 Å². The zero-order chi connectivity index (χ0) is 10.2. The highest BCUT2D eigenvalue weighted by atomic mass is 32.2. The zero-order valence-corrected chi connectivity index (χ0v) is 8.76. The quantitative estimate of drug-likeness (QED) is 0.681. The van der Waals surface area contributed by atoms with Crippen molar-refractivity contribution < 1.29 is 13.2 Å². The fourth-order valence-corrected chi connectivity index (χ4v) is 1.57. The number of amides is 1. The minimum absolute atomic E-state index is 0.116. The van der Waals surface area contributed by atoms with E-state index in [1.54, 1.807) is 0 Å². The van der Waals surface area contributed by atoms with E-state index in [0.29, 0.717) is 5.92 Å². The van der Waals surface area contributed by atoms with Crippen molar-refractivity contribution in [2.45, 2.75) is 13.3 Å². The lowest BCUT2D eigenvalue weighted by Gasteiger charge is -2.11. The van der Waals surface area contributed by atoms with Crippen molar-refractivity contribution in [1.29, 1.82) is 0 Å². The third-order valence-corrected chi connectivity index (χ3v) is 3.58. The highest BCUT2D eigenvalue weighted by Crippen LogP contribution is 2.37. The second-order valence-corrected chi connectivity index (χ2v) is 5.46. The molecule has 2 atom stereocenters. The smallest absolute Gasteiger partial charge is 0.274 e. The summed E-state index contributed by atoms with van der Waals surface area (Å²) < 4.78 is 25.3. The summed E-state index contributed by atoms with van der Waals surface area (Å²) in [5, 5.41) is 0. The minimum Gasteiger partial charge on any atom is -0.274 e. The molecule has 0 aromatic carbocycles. The third kappa shape index (κ3) is 2.41. The molecule has 76 valence electrons. The van der Waals surface area contributed by atoms with Gasteiger partial charge in [0, 0.05) is 20.0 Å². The second kappa shape index (κ2) is 3.26. The van der Waals surface area contributed by atoms with Crippen molar-refractivity contribution in [2.75, 3.05) is 14.1 Å². The molecule has 1 aliphatic carbocycles. The Morgan fingerprint density at radius 2 is 1.92 bits per heavy atom. The summed E-state index contributed by atoms with van der Waals surface area (Å²) in [6.07, 6.45) is 0.786. The van der Waals surface area contributed by atoms with E-state index in [-0.39, 0.29) is 11.8 Å². The molecule has 6 heteroatoms. The average Bonchev–Trinajstić information content (AvgIpc) is 2.65. The first-order valence-corrected chi connectivity index (χ1v) is 5.52. The van der Waals surface area contributed by atoms with E-state index in [9.17, 15) is 13.2 Å². The number of nitrogens with one attached hydrogen (secondary N) is 1. The molecule has 0 heterocycles. The molecule has 1 aliphatic rings. The predicted octanol–water partition coefficient (Wildman–Crippen LogP) is -0.435. The summed E-state index contributed by atoms with van der Waals surface area (Å²) in [5.74, 6) is -0.187. The summed E-state index contributed by atoms with van der Waals surface area (Å²) in [6, 6.07) is 0. The number of carbonyl (C=O) groups excluding carboxylic acids is 1. The lowest BCUT2D eigenvalue weighted by Crippen LogP contribution is -2.40. The maximum Gasteiger partial charge on any atom is 0.303 e. The van der Waals surface area contributed by atoms with Crippen molar-refractivity contribution in [1.82, 2.24) is 9.03 Å². The van der Waals surface area contributed by atoms with Gasteiger partial charge in [-0.3, -0.25) is 4.79 Å². The molecule has 0 aliphatic heterocycles. The number of hydrogen-bond donors (Lipinski definition) is 1. The lowest BCUT2D eigenvalue weighted by atomic mass is 10.3. The van der Waals surface area contributed by atoms with Crippen LogP contribution in [-0.2, 0) is 15.0 Å². The first-order valence-electron chi connectivity index (χ1n) is 4.08. The molecule has 13 heavy (non-hydrogen) atoms. The molecule has 5 nitrogen and oxygen atoms in total. The highest BCUT2D eigenvalue weighted by molar-refractivity contribution is 7.87. The molecule has 1 saturated carbocycles. The van der Waals surface area contributed by atoms with E-state index in [0.717, 1.165) is 10.7 Å². The van der Waals surface area contributed by atoms with Crippen LogP contribution >= 0.6 is 0 Å². The van der Waals surface area contributed by atoms with E-state index in [1.165, 1.54) is 14.1 Å². The van der Waals surface area contributed by atoms with Crippen LogP contribution in [0.5, 0.6) is 0 Å². The van der Waals surface area contributed by atoms with Crippen LogP contribution in [0.1, 0.15) is 13.3 Å². The van der Waals surface area contributed by atoms with Crippen LogP contribution in [0.2, 0.25) is 0 Å². The van der Waals surface area contributed by atoms with E-state index in [4.69, 9.17) is 0 Å². The maximum absolute atomic E-state index is 11.2. The average molecular weight is 206 g/mol. The standard InChI is InChI=1S/C7H14N2O3S/c1-5-4-6(5)7(10)8-13(11,12)9(2)3/h5-6H,4H2,1-3H3,(H,8,10)/t5-,6+/m1/s1. The van der Waals surface area contributed by atoms with Crippen molar-refractivity contribution in [3.63, 3.8) is 0 Å². The molecule has 0 aromatic rings. The van der Waals surface area contributed by atoms with Crippen molar-refractivity contribution in [3.05, 3.63) is 0 Å². The molecule has 1 rings (SSSR count). The molecule has 1 N–H and O–H groups in total. The molecule has 0 radical (unpaired) electrons. The summed E-state index contributed by atoms with van der Waals surface area (Å²) >= 11 is 0. The van der Waals surface area contributed by atoms with Gasteiger partial charge in [0.2, 0.25) is 5.91 Å². The molecule has 1 amide bonds. The second-order valence-electron chi connectivity index (χ2n) is 3.57. The van der Waals surface area contributed by atoms with E-state index >= 15 is 0 Å². The maximum atomic E-state index is 11.2. The molecule has 0 spiro atoms. The Balaban J connectivity index is 2.54. The van der Waals surface area contributed by atoms with Crippen LogP contribution in [0, 0.1) is 11.8 Å². The van der Waals surface area contributed by atoms with Gasteiger partial charge >= 0.3 is 10.2 Å². The Bertz CT molecular complexity index is 310. The number of nitrogens with zero attached hydrogens (tertiary/aromatic N) is 1. The zero-order valence-electron chi connectivity index (χ0n) is 7.94. The first-order chi connectivity index (χ1) is 5.84. The van der Waals surface area contributed by atoms with Gasteiger partial charge in [-0.15, -0.1) is 0 Å². The number of carbonyl (C=O) groups is 1. The van der Waals surface area contributed by atoms with E-state index in [2.05, 4.69) is 0 Å². The van der Waals surface area contributed by atoms with Gasteiger partial charge in [-0.05, 0) is 12.3 Å². The molecule has 0 unspecified atom stereocenters. The third-order valence-electron chi connectivity index (χ3n) is 2.16. The molecule has 0 aromatic heterocycles. The largest absolute Gasteiger partial charge is 0.303 e. The van der Waals surface area contributed by atoms with E-state index < -0.39 is 10.2 Å².